The molecule has 2 fully saturated rings. The van der Waals surface area contributed by atoms with E-state index in [0.717, 1.165) is 11.3 Å². The third-order valence-corrected chi connectivity index (χ3v) is 7.66. The summed E-state index contributed by atoms with van der Waals surface area (Å²) in [6.07, 6.45) is 0.948. The van der Waals surface area contributed by atoms with E-state index >= 15 is 0 Å². The number of nitrogens with one attached hydrogen (secondary N) is 1. The zero-order chi connectivity index (χ0) is 26.7. The summed E-state index contributed by atoms with van der Waals surface area (Å²) in [4.78, 5) is 45.4. The van der Waals surface area contributed by atoms with E-state index in [4.69, 9.17) is 4.74 Å². The lowest BCUT2D eigenvalue weighted by Gasteiger charge is -2.44. The maximum atomic E-state index is 14.4. The van der Waals surface area contributed by atoms with Crippen LogP contribution in [0.5, 0.6) is 0 Å². The monoisotopic (exact) mass is 510 g/mol. The van der Waals surface area contributed by atoms with Crippen molar-refractivity contribution < 1.29 is 23.5 Å². The Morgan fingerprint density at radius 3 is 2.43 bits per heavy atom. The van der Waals surface area contributed by atoms with Gasteiger partial charge in [0, 0.05) is 32.9 Å². The highest BCUT2D eigenvalue weighted by Crippen LogP contribution is 2.39. The highest BCUT2D eigenvalue weighted by Gasteiger charge is 2.53. The van der Waals surface area contributed by atoms with Crippen molar-refractivity contribution in [3.63, 3.8) is 0 Å². The van der Waals surface area contributed by atoms with E-state index in [0.29, 0.717) is 39.0 Å². The fraction of sp³-hybridized carbons (Fsp3) is 0.464. The quantitative estimate of drug-likeness (QED) is 0.620. The molecule has 2 aromatic rings. The Bertz CT molecular complexity index is 1150. The number of hydrogen-bond acceptors (Lipinski definition) is 5. The summed E-state index contributed by atoms with van der Waals surface area (Å²) >= 11 is 0. The maximum absolute atomic E-state index is 14.4. The van der Waals surface area contributed by atoms with Crippen molar-refractivity contribution in [1.82, 2.24) is 15.1 Å². The third-order valence-electron chi connectivity index (χ3n) is 7.66. The number of ether oxygens (including phenoxy) is 1. The second kappa shape index (κ2) is 10.9. The molecular formula is C28H35FN4O4. The molecule has 2 aliphatic rings. The summed E-state index contributed by atoms with van der Waals surface area (Å²) in [5, 5.41) is 2.70. The van der Waals surface area contributed by atoms with Crippen LogP contribution in [0.2, 0.25) is 0 Å². The lowest BCUT2D eigenvalue weighted by Crippen LogP contribution is -2.61. The number of halogens is 1. The molecule has 2 aromatic carbocycles. The smallest absolute Gasteiger partial charge is 0.254 e. The van der Waals surface area contributed by atoms with Gasteiger partial charge in [-0.25, -0.2) is 4.39 Å². The summed E-state index contributed by atoms with van der Waals surface area (Å²) in [6.45, 7) is 4.80. The average molecular weight is 511 g/mol. The van der Waals surface area contributed by atoms with Crippen LogP contribution in [0.3, 0.4) is 0 Å². The highest BCUT2D eigenvalue weighted by atomic mass is 19.1. The minimum Gasteiger partial charge on any atom is -0.379 e. The van der Waals surface area contributed by atoms with E-state index in [1.165, 1.54) is 19.2 Å². The molecule has 2 heterocycles. The molecule has 4 rings (SSSR count). The van der Waals surface area contributed by atoms with Crippen LogP contribution in [0.25, 0.3) is 0 Å². The number of piperidine rings is 1. The first-order valence-corrected chi connectivity index (χ1v) is 12.7. The number of rotatable bonds is 7. The predicted molar refractivity (Wildman–Crippen MR) is 139 cm³/mol. The standard InChI is InChI=1S/C28H35FN4O4/c1-5-20-11-12-23(29)22(17-20)25(34)30-24(19(2)37-4)26(35)32-15-13-28(14-16-32)27(36)31(3)18-33(28)21-9-7-6-8-10-21/h6-12,17,19,24H,5,13-16,18H2,1-4H3,(H,30,34)/t19?,24-/m0/s1. The first-order valence-electron chi connectivity index (χ1n) is 12.7. The van der Waals surface area contributed by atoms with E-state index in [-0.39, 0.29) is 17.4 Å². The first kappa shape index (κ1) is 26.6. The molecule has 1 spiro atoms. The third kappa shape index (κ3) is 5.05. The van der Waals surface area contributed by atoms with E-state index in [1.807, 2.05) is 37.3 Å². The van der Waals surface area contributed by atoms with Gasteiger partial charge < -0.3 is 24.8 Å². The molecule has 198 valence electrons. The van der Waals surface area contributed by atoms with Crippen molar-refractivity contribution in [2.45, 2.75) is 50.8 Å². The van der Waals surface area contributed by atoms with E-state index in [9.17, 15) is 18.8 Å². The molecule has 1 N–H and O–H groups in total. The van der Waals surface area contributed by atoms with Crippen molar-refractivity contribution in [3.05, 3.63) is 65.5 Å². The van der Waals surface area contributed by atoms with Crippen LogP contribution in [-0.2, 0) is 20.7 Å². The summed E-state index contributed by atoms with van der Waals surface area (Å²) in [7, 11) is 3.26. The molecule has 0 radical (unpaired) electrons. The number of aryl methyl sites for hydroxylation is 1. The van der Waals surface area contributed by atoms with Crippen LogP contribution in [0.1, 0.15) is 42.6 Å². The van der Waals surface area contributed by atoms with Gasteiger partial charge in [-0.1, -0.05) is 31.2 Å². The second-order valence-corrected chi connectivity index (χ2v) is 9.82. The summed E-state index contributed by atoms with van der Waals surface area (Å²) in [5.74, 6) is -1.57. The van der Waals surface area contributed by atoms with Gasteiger partial charge in [0.25, 0.3) is 5.91 Å². The molecule has 3 amide bonds. The highest BCUT2D eigenvalue weighted by molar-refractivity contribution is 5.98. The van der Waals surface area contributed by atoms with E-state index in [2.05, 4.69) is 10.2 Å². The van der Waals surface area contributed by atoms with Crippen LogP contribution in [-0.4, -0.2) is 79.1 Å². The summed E-state index contributed by atoms with van der Waals surface area (Å²) in [6, 6.07) is 13.2. The second-order valence-electron chi connectivity index (χ2n) is 9.82. The normalized spacial score (nSPS) is 18.7. The Balaban J connectivity index is 1.51. The minimum atomic E-state index is -0.997. The molecule has 2 aliphatic heterocycles. The molecule has 2 atom stereocenters. The maximum Gasteiger partial charge on any atom is 0.254 e. The van der Waals surface area contributed by atoms with Gasteiger partial charge in [-0.05, 0) is 56.0 Å². The predicted octanol–water partition coefficient (Wildman–Crippen LogP) is 2.82. The fourth-order valence-electron chi connectivity index (χ4n) is 5.30. The van der Waals surface area contributed by atoms with E-state index < -0.39 is 29.4 Å². The van der Waals surface area contributed by atoms with Crippen LogP contribution in [0.4, 0.5) is 10.1 Å². The van der Waals surface area contributed by atoms with Gasteiger partial charge in [0.2, 0.25) is 11.8 Å². The van der Waals surface area contributed by atoms with Gasteiger partial charge in [0.15, 0.2) is 0 Å². The summed E-state index contributed by atoms with van der Waals surface area (Å²) in [5.41, 5.74) is 0.970. The van der Waals surface area contributed by atoms with Gasteiger partial charge >= 0.3 is 0 Å². The van der Waals surface area contributed by atoms with Crippen molar-refractivity contribution in [2.75, 3.05) is 38.8 Å². The number of carbonyl (C=O) groups is 3. The number of benzene rings is 2. The van der Waals surface area contributed by atoms with Gasteiger partial charge in [0.1, 0.15) is 17.4 Å². The van der Waals surface area contributed by atoms with Gasteiger partial charge in [-0.2, -0.15) is 0 Å². The lowest BCUT2D eigenvalue weighted by molar-refractivity contribution is -0.141. The van der Waals surface area contributed by atoms with Gasteiger partial charge in [-0.15, -0.1) is 0 Å². The number of amides is 3. The van der Waals surface area contributed by atoms with Crippen LogP contribution < -0.4 is 10.2 Å². The Labute approximate surface area is 217 Å². The first-order chi connectivity index (χ1) is 17.7. The Morgan fingerprint density at radius 2 is 1.81 bits per heavy atom. The number of methoxy groups -OCH3 is 1. The van der Waals surface area contributed by atoms with E-state index in [1.54, 1.807) is 29.8 Å². The van der Waals surface area contributed by atoms with Crippen molar-refractivity contribution in [1.29, 1.82) is 0 Å². The molecule has 1 unspecified atom stereocenters. The average Bonchev–Trinajstić information content (AvgIpc) is 3.16. The molecule has 0 aliphatic carbocycles. The van der Waals surface area contributed by atoms with Crippen molar-refractivity contribution in [2.24, 2.45) is 0 Å². The fourth-order valence-corrected chi connectivity index (χ4v) is 5.30. The Morgan fingerprint density at radius 1 is 1.14 bits per heavy atom. The molecular weight excluding hydrogens is 475 g/mol. The molecule has 0 saturated carbocycles. The van der Waals surface area contributed by atoms with Crippen molar-refractivity contribution in [3.8, 4) is 0 Å². The zero-order valence-corrected chi connectivity index (χ0v) is 21.9. The Hall–Kier alpha value is -3.46. The minimum absolute atomic E-state index is 0.0462. The molecule has 0 bridgehead atoms. The molecule has 2 saturated heterocycles. The van der Waals surface area contributed by atoms with Gasteiger partial charge in [-0.3, -0.25) is 14.4 Å². The topological polar surface area (TPSA) is 82.2 Å². The number of para-hydroxylation sites is 1. The number of likely N-dealkylation sites (tertiary alicyclic amines) is 1. The number of nitrogens with zero attached hydrogens (tertiary/aromatic N) is 3. The Kier molecular flexibility index (Phi) is 7.82. The molecule has 8 nitrogen and oxygen atoms in total. The van der Waals surface area contributed by atoms with Crippen LogP contribution in [0.15, 0.2) is 48.5 Å². The number of anilines is 1. The molecule has 0 aromatic heterocycles. The number of carbonyl (C=O) groups excluding carboxylic acids is 3. The van der Waals surface area contributed by atoms with Crippen molar-refractivity contribution >= 4 is 23.4 Å². The molecule has 37 heavy (non-hydrogen) atoms. The number of hydrogen-bond donors (Lipinski definition) is 1. The SMILES string of the molecule is CCc1ccc(F)c(C(=O)N[C@H](C(=O)N2CCC3(CC2)C(=O)N(C)CN3c2ccccc2)C(C)OC)c1. The summed E-state index contributed by atoms with van der Waals surface area (Å²) < 4.78 is 19.8. The lowest BCUT2D eigenvalue weighted by atomic mass is 9.85. The van der Waals surface area contributed by atoms with Crippen LogP contribution in [0, 0.1) is 5.82 Å². The zero-order valence-electron chi connectivity index (χ0n) is 21.9. The van der Waals surface area contributed by atoms with Crippen LogP contribution >= 0.6 is 0 Å². The largest absolute Gasteiger partial charge is 0.379 e. The number of likely N-dealkylation sites (N-methyl/N-ethyl adjacent to an activating group) is 1. The van der Waals surface area contributed by atoms with Gasteiger partial charge in [0.05, 0.1) is 18.3 Å². The molecule has 9 heteroatoms.